The zero-order valence-electron chi connectivity index (χ0n) is 16.6. The number of nitro groups is 1. The van der Waals surface area contributed by atoms with Crippen molar-refractivity contribution in [1.82, 2.24) is 9.88 Å². The number of non-ortho nitro benzene ring substituents is 1. The molecule has 1 aliphatic heterocycles. The summed E-state index contributed by atoms with van der Waals surface area (Å²) in [7, 11) is 0. The highest BCUT2D eigenvalue weighted by Gasteiger charge is 2.20. The monoisotopic (exact) mass is 433 g/mol. The van der Waals surface area contributed by atoms with Crippen molar-refractivity contribution in [3.63, 3.8) is 0 Å². The van der Waals surface area contributed by atoms with Gasteiger partial charge in [0.1, 0.15) is 0 Å². The van der Waals surface area contributed by atoms with Crippen LogP contribution in [-0.2, 0) is 20.7 Å². The van der Waals surface area contributed by atoms with E-state index in [1.807, 2.05) is 4.90 Å². The molecule has 0 radical (unpaired) electrons. The lowest BCUT2D eigenvalue weighted by molar-refractivity contribution is -0.384. The second kappa shape index (κ2) is 10.1. The van der Waals surface area contributed by atoms with Crippen LogP contribution in [0.2, 0.25) is 0 Å². The molecule has 0 atom stereocenters. The molecular formula is C19H23N5O5S. The first-order valence-corrected chi connectivity index (χ1v) is 10.4. The largest absolute Gasteiger partial charge is 0.466 e. The molecule has 1 saturated heterocycles. The van der Waals surface area contributed by atoms with Crippen LogP contribution in [0.4, 0.5) is 16.5 Å². The highest BCUT2D eigenvalue weighted by molar-refractivity contribution is 7.13. The lowest BCUT2D eigenvalue weighted by atomic mass is 10.2. The van der Waals surface area contributed by atoms with Crippen molar-refractivity contribution in [3.8, 4) is 0 Å². The highest BCUT2D eigenvalue weighted by Crippen LogP contribution is 2.21. The maximum atomic E-state index is 12.3. The number of anilines is 2. The lowest BCUT2D eigenvalue weighted by Crippen LogP contribution is -2.48. The van der Waals surface area contributed by atoms with Crippen LogP contribution in [0.15, 0.2) is 29.6 Å². The predicted molar refractivity (Wildman–Crippen MR) is 113 cm³/mol. The van der Waals surface area contributed by atoms with Gasteiger partial charge in [0.25, 0.3) is 5.69 Å². The number of nitrogens with zero attached hydrogens (tertiary/aromatic N) is 4. The molecule has 1 aromatic heterocycles. The number of ether oxygens (including phenoxy) is 1. The summed E-state index contributed by atoms with van der Waals surface area (Å²) in [6.45, 7) is 5.19. The Bertz CT molecular complexity index is 893. The van der Waals surface area contributed by atoms with Gasteiger partial charge in [-0.25, -0.2) is 4.98 Å². The van der Waals surface area contributed by atoms with E-state index < -0.39 is 4.92 Å². The average Bonchev–Trinajstić information content (AvgIpc) is 3.15. The number of esters is 1. The second-order valence-corrected chi connectivity index (χ2v) is 7.57. The first-order valence-electron chi connectivity index (χ1n) is 9.56. The smallest absolute Gasteiger partial charge is 0.311 e. The SMILES string of the molecule is CCOC(=O)Cc1csc(NC(=O)CN2CCN(c3ccc([N+](=O)[O-])cc3)CC2)n1. The molecule has 0 spiro atoms. The number of hydrogen-bond acceptors (Lipinski definition) is 9. The summed E-state index contributed by atoms with van der Waals surface area (Å²) in [5.41, 5.74) is 1.58. The van der Waals surface area contributed by atoms with Crippen LogP contribution in [0.1, 0.15) is 12.6 Å². The molecule has 11 heteroatoms. The summed E-state index contributed by atoms with van der Waals surface area (Å²) in [4.78, 5) is 42.6. The molecule has 1 aliphatic rings. The minimum Gasteiger partial charge on any atom is -0.466 e. The molecule has 1 amide bonds. The van der Waals surface area contributed by atoms with Crippen molar-refractivity contribution < 1.29 is 19.2 Å². The van der Waals surface area contributed by atoms with E-state index in [-0.39, 0.29) is 30.5 Å². The molecule has 1 N–H and O–H groups in total. The molecule has 160 valence electrons. The van der Waals surface area contributed by atoms with E-state index in [0.29, 0.717) is 30.5 Å². The van der Waals surface area contributed by atoms with E-state index >= 15 is 0 Å². The zero-order chi connectivity index (χ0) is 21.5. The summed E-state index contributed by atoms with van der Waals surface area (Å²) in [5, 5.41) is 15.7. The highest BCUT2D eigenvalue weighted by atomic mass is 32.1. The van der Waals surface area contributed by atoms with Crippen molar-refractivity contribution in [2.75, 3.05) is 49.5 Å². The molecule has 3 rings (SSSR count). The van der Waals surface area contributed by atoms with Crippen molar-refractivity contribution in [2.45, 2.75) is 13.3 Å². The fourth-order valence-electron chi connectivity index (χ4n) is 3.12. The molecule has 0 saturated carbocycles. The molecule has 0 bridgehead atoms. The number of piperazine rings is 1. The van der Waals surface area contributed by atoms with Crippen LogP contribution < -0.4 is 10.2 Å². The average molecular weight is 433 g/mol. The Balaban J connectivity index is 1.43. The lowest BCUT2D eigenvalue weighted by Gasteiger charge is -2.35. The standard InChI is InChI=1S/C19H23N5O5S/c1-2-29-18(26)11-14-13-30-19(20-14)21-17(25)12-22-7-9-23(10-8-22)15-3-5-16(6-4-15)24(27)28/h3-6,13H,2,7-12H2,1H3,(H,20,21,25). The van der Waals surface area contributed by atoms with E-state index in [4.69, 9.17) is 4.74 Å². The van der Waals surface area contributed by atoms with Crippen LogP contribution in [0.25, 0.3) is 0 Å². The maximum absolute atomic E-state index is 12.3. The van der Waals surface area contributed by atoms with Crippen molar-refractivity contribution in [3.05, 3.63) is 45.5 Å². The van der Waals surface area contributed by atoms with Crippen molar-refractivity contribution in [1.29, 1.82) is 0 Å². The fourth-order valence-corrected chi connectivity index (χ4v) is 3.84. The number of aromatic nitrogens is 1. The number of carbonyl (C=O) groups excluding carboxylic acids is 2. The van der Waals surface area contributed by atoms with Crippen LogP contribution in [0.5, 0.6) is 0 Å². The summed E-state index contributed by atoms with van der Waals surface area (Å²) >= 11 is 1.28. The maximum Gasteiger partial charge on any atom is 0.311 e. The summed E-state index contributed by atoms with van der Waals surface area (Å²) in [5.74, 6) is -0.498. The molecule has 0 unspecified atom stereocenters. The summed E-state index contributed by atoms with van der Waals surface area (Å²) in [6, 6.07) is 6.49. The van der Waals surface area contributed by atoms with Gasteiger partial charge in [-0.1, -0.05) is 0 Å². The van der Waals surface area contributed by atoms with Gasteiger partial charge in [0, 0.05) is 49.4 Å². The van der Waals surface area contributed by atoms with Gasteiger partial charge in [-0.3, -0.25) is 24.6 Å². The minimum absolute atomic E-state index is 0.0710. The van der Waals surface area contributed by atoms with Crippen LogP contribution in [-0.4, -0.2) is 66.0 Å². The number of amides is 1. The van der Waals surface area contributed by atoms with Gasteiger partial charge in [0.15, 0.2) is 5.13 Å². The van der Waals surface area contributed by atoms with Gasteiger partial charge in [-0.2, -0.15) is 0 Å². The minimum atomic E-state index is -0.414. The third-order valence-electron chi connectivity index (χ3n) is 4.59. The quantitative estimate of drug-likeness (QED) is 0.381. The number of nitrogens with one attached hydrogen (secondary N) is 1. The van der Waals surface area contributed by atoms with Gasteiger partial charge < -0.3 is 15.0 Å². The third kappa shape index (κ3) is 5.97. The van der Waals surface area contributed by atoms with Crippen LogP contribution in [0, 0.1) is 10.1 Å². The first-order chi connectivity index (χ1) is 14.4. The Morgan fingerprint density at radius 3 is 2.57 bits per heavy atom. The van der Waals surface area contributed by atoms with Crippen molar-refractivity contribution >= 4 is 39.7 Å². The summed E-state index contributed by atoms with van der Waals surface area (Å²) < 4.78 is 4.89. The van der Waals surface area contributed by atoms with Gasteiger partial charge in [-0.15, -0.1) is 11.3 Å². The molecule has 1 aromatic carbocycles. The van der Waals surface area contributed by atoms with Gasteiger partial charge >= 0.3 is 5.97 Å². The molecule has 1 fully saturated rings. The van der Waals surface area contributed by atoms with Gasteiger partial charge in [-0.05, 0) is 19.1 Å². The molecular weight excluding hydrogens is 410 g/mol. The van der Waals surface area contributed by atoms with Gasteiger partial charge in [0.2, 0.25) is 5.91 Å². The number of hydrogen-bond donors (Lipinski definition) is 1. The summed E-state index contributed by atoms with van der Waals surface area (Å²) in [6.07, 6.45) is 0.0881. The number of rotatable bonds is 8. The Labute approximate surface area is 177 Å². The Kier molecular flexibility index (Phi) is 7.31. The number of nitro benzene ring substituents is 1. The first kappa shape index (κ1) is 21.7. The van der Waals surface area contributed by atoms with Crippen LogP contribution >= 0.6 is 11.3 Å². The Morgan fingerprint density at radius 1 is 1.23 bits per heavy atom. The van der Waals surface area contributed by atoms with E-state index in [9.17, 15) is 19.7 Å². The molecule has 10 nitrogen and oxygen atoms in total. The van der Waals surface area contributed by atoms with E-state index in [2.05, 4.69) is 15.2 Å². The van der Waals surface area contributed by atoms with Crippen molar-refractivity contribution in [2.24, 2.45) is 0 Å². The Morgan fingerprint density at radius 2 is 1.93 bits per heavy atom. The molecule has 2 heterocycles. The predicted octanol–water partition coefficient (Wildman–Crippen LogP) is 1.92. The third-order valence-corrected chi connectivity index (χ3v) is 5.40. The van der Waals surface area contributed by atoms with E-state index in [1.54, 1.807) is 24.4 Å². The zero-order valence-corrected chi connectivity index (χ0v) is 17.4. The van der Waals surface area contributed by atoms with E-state index in [0.717, 1.165) is 18.8 Å². The molecule has 0 aliphatic carbocycles. The number of thiazole rings is 1. The second-order valence-electron chi connectivity index (χ2n) is 6.71. The molecule has 2 aromatic rings. The number of carbonyl (C=O) groups is 2. The Hall–Kier alpha value is -3.05. The van der Waals surface area contributed by atoms with E-state index in [1.165, 1.54) is 23.5 Å². The van der Waals surface area contributed by atoms with Crippen LogP contribution in [0.3, 0.4) is 0 Å². The normalized spacial score (nSPS) is 14.4. The van der Waals surface area contributed by atoms with Gasteiger partial charge in [0.05, 0.1) is 30.2 Å². The topological polar surface area (TPSA) is 118 Å². The number of benzene rings is 1. The fraction of sp³-hybridized carbons (Fsp3) is 0.421. The molecule has 30 heavy (non-hydrogen) atoms.